The second-order valence-corrected chi connectivity index (χ2v) is 9.00. The van der Waals surface area contributed by atoms with Gasteiger partial charge in [0.2, 0.25) is 0 Å². The number of rotatable bonds is 3. The molecule has 3 aromatic carbocycles. The van der Waals surface area contributed by atoms with Gasteiger partial charge in [-0.2, -0.15) is 0 Å². The zero-order valence-electron chi connectivity index (χ0n) is 14.6. The molecular formula is C22H15AsO4Ru. The van der Waals surface area contributed by atoms with Crippen molar-refractivity contribution in [2.45, 2.75) is 0 Å². The minimum absolute atomic E-state index is 0. The van der Waals surface area contributed by atoms with E-state index in [0.717, 1.165) is 0 Å². The molecule has 0 N–H and O–H groups in total. The Hall–Kier alpha value is -2.20. The van der Waals surface area contributed by atoms with Crippen LogP contribution in [0.15, 0.2) is 91.0 Å². The van der Waals surface area contributed by atoms with Crippen LogP contribution in [-0.4, -0.2) is 14.7 Å². The van der Waals surface area contributed by atoms with Crippen LogP contribution in [0.1, 0.15) is 0 Å². The number of hydrogen-bond acceptors (Lipinski definition) is 0. The maximum absolute atomic E-state index is 7.50. The monoisotopic (exact) mass is 520 g/mol. The van der Waals surface area contributed by atoms with Crippen molar-refractivity contribution in [1.29, 1.82) is 0 Å². The van der Waals surface area contributed by atoms with Gasteiger partial charge in [-0.05, 0) is 0 Å². The fourth-order valence-electron chi connectivity index (χ4n) is 2.18. The van der Waals surface area contributed by atoms with Crippen LogP contribution < -0.4 is 13.1 Å². The predicted molar refractivity (Wildman–Crippen MR) is 99.7 cm³/mol. The van der Waals surface area contributed by atoms with Gasteiger partial charge in [-0.15, -0.1) is 0 Å². The Morgan fingerprint density at radius 3 is 0.750 bits per heavy atom. The van der Waals surface area contributed by atoms with E-state index in [0.29, 0.717) is 0 Å². The van der Waals surface area contributed by atoms with Crippen LogP contribution in [-0.2, 0) is 38.1 Å². The third-order valence-electron chi connectivity index (χ3n) is 3.04. The molecule has 0 bridgehead atoms. The molecule has 0 atom stereocenters. The summed E-state index contributed by atoms with van der Waals surface area (Å²) in [5.41, 5.74) is 0. The van der Waals surface area contributed by atoms with Gasteiger partial charge in [0.25, 0.3) is 0 Å². The summed E-state index contributed by atoms with van der Waals surface area (Å²) in [6.07, 6.45) is 0. The molecule has 0 aromatic heterocycles. The summed E-state index contributed by atoms with van der Waals surface area (Å²) in [6, 6.07) is 32.7. The first-order valence-corrected chi connectivity index (χ1v) is 10.0. The summed E-state index contributed by atoms with van der Waals surface area (Å²) in [5.74, 6) is 0. The molecular weight excluding hydrogens is 504 g/mol. The molecule has 4 nitrogen and oxygen atoms in total. The fourth-order valence-corrected chi connectivity index (χ4v) is 7.02. The third-order valence-corrected chi connectivity index (χ3v) is 8.17. The fraction of sp³-hybridized carbons (Fsp3) is 0. The predicted octanol–water partition coefficient (Wildman–Crippen LogP) is 2.05. The first-order valence-electron chi connectivity index (χ1n) is 7.22. The van der Waals surface area contributed by atoms with Crippen LogP contribution in [0.3, 0.4) is 0 Å². The van der Waals surface area contributed by atoms with Gasteiger partial charge in [0, 0.05) is 19.5 Å². The van der Waals surface area contributed by atoms with E-state index in [2.05, 4.69) is 118 Å². The molecule has 0 saturated heterocycles. The van der Waals surface area contributed by atoms with E-state index >= 15 is 0 Å². The first-order chi connectivity index (χ1) is 13.4. The normalized spacial score (nSPS) is 7.46. The summed E-state index contributed by atoms with van der Waals surface area (Å²) in [4.78, 5) is 0. The van der Waals surface area contributed by atoms with Gasteiger partial charge < -0.3 is 0 Å². The molecule has 0 heterocycles. The summed E-state index contributed by atoms with van der Waals surface area (Å²) in [6.45, 7) is 18.0. The van der Waals surface area contributed by atoms with Crippen LogP contribution >= 0.6 is 0 Å². The van der Waals surface area contributed by atoms with Gasteiger partial charge in [-0.3, -0.25) is 0 Å². The second kappa shape index (κ2) is 22.8. The van der Waals surface area contributed by atoms with E-state index in [9.17, 15) is 0 Å². The molecule has 140 valence electrons. The van der Waals surface area contributed by atoms with E-state index in [-0.39, 0.29) is 19.5 Å². The van der Waals surface area contributed by atoms with Crippen molar-refractivity contribution < 1.29 is 38.1 Å². The molecule has 0 spiro atoms. The molecule has 6 heteroatoms. The number of hydrogen-bond donors (Lipinski definition) is 0. The van der Waals surface area contributed by atoms with Crippen LogP contribution in [0, 0.1) is 26.6 Å². The van der Waals surface area contributed by atoms with Crippen LogP contribution in [0.4, 0.5) is 0 Å². The molecule has 0 aliphatic rings. The van der Waals surface area contributed by atoms with Crippen LogP contribution in [0.5, 0.6) is 0 Å². The molecule has 3 aromatic rings. The van der Waals surface area contributed by atoms with E-state index < -0.39 is 14.7 Å². The Kier molecular flexibility index (Phi) is 24.9. The molecule has 0 aliphatic heterocycles. The Balaban J connectivity index is -0.000000622. The van der Waals surface area contributed by atoms with E-state index in [1.54, 1.807) is 0 Å². The third kappa shape index (κ3) is 10.8. The van der Waals surface area contributed by atoms with Crippen molar-refractivity contribution in [3.8, 4) is 0 Å². The zero-order chi connectivity index (χ0) is 20.9. The molecule has 0 amide bonds. The van der Waals surface area contributed by atoms with Crippen molar-refractivity contribution >= 4 is 27.7 Å². The average Bonchev–Trinajstić information content (AvgIpc) is 2.82. The van der Waals surface area contributed by atoms with E-state index in [1.165, 1.54) is 13.1 Å². The number of benzene rings is 3. The SMILES string of the molecule is [C-]#[O+].[C-]#[O+].[C-]#[O+].[C-]#[O+].[Ru].c1ccc([As](c2ccccc2)c2ccccc2)cc1. The summed E-state index contributed by atoms with van der Waals surface area (Å²) >= 11 is -1.39. The topological polar surface area (TPSA) is 79.6 Å². The van der Waals surface area contributed by atoms with Crippen molar-refractivity contribution in [3.63, 3.8) is 0 Å². The second-order valence-electron chi connectivity index (χ2n) is 4.34. The summed E-state index contributed by atoms with van der Waals surface area (Å²) < 4.78 is 34.4. The van der Waals surface area contributed by atoms with Gasteiger partial charge in [-0.1, -0.05) is 0 Å². The zero-order valence-corrected chi connectivity index (χ0v) is 18.2. The van der Waals surface area contributed by atoms with Crippen LogP contribution in [0.2, 0.25) is 0 Å². The van der Waals surface area contributed by atoms with Crippen molar-refractivity contribution in [2.75, 3.05) is 0 Å². The molecule has 0 unspecified atom stereocenters. The molecule has 28 heavy (non-hydrogen) atoms. The molecule has 3 rings (SSSR count). The van der Waals surface area contributed by atoms with Crippen molar-refractivity contribution in [3.05, 3.63) is 118 Å². The molecule has 0 radical (unpaired) electrons. The summed E-state index contributed by atoms with van der Waals surface area (Å²) in [7, 11) is 0. The quantitative estimate of drug-likeness (QED) is 0.289. The van der Waals surface area contributed by atoms with Gasteiger partial charge in [0.05, 0.1) is 0 Å². The van der Waals surface area contributed by atoms with Gasteiger partial charge in [0.15, 0.2) is 0 Å². The van der Waals surface area contributed by atoms with Gasteiger partial charge in [0.1, 0.15) is 0 Å². The Bertz CT molecular complexity index is 683. The molecule has 0 aliphatic carbocycles. The van der Waals surface area contributed by atoms with E-state index in [4.69, 9.17) is 18.6 Å². The average molecular weight is 519 g/mol. The minimum atomic E-state index is -1.39. The van der Waals surface area contributed by atoms with Gasteiger partial charge >= 0.3 is 164 Å². The molecule has 0 saturated carbocycles. The van der Waals surface area contributed by atoms with E-state index in [1.807, 2.05) is 0 Å². The van der Waals surface area contributed by atoms with Gasteiger partial charge in [-0.25, -0.2) is 0 Å². The first kappa shape index (κ1) is 30.5. The Labute approximate surface area is 182 Å². The van der Waals surface area contributed by atoms with Crippen molar-refractivity contribution in [2.24, 2.45) is 0 Å². The molecule has 0 fully saturated rings. The maximum atomic E-state index is 7.50. The van der Waals surface area contributed by atoms with Crippen LogP contribution in [0.25, 0.3) is 0 Å². The summed E-state index contributed by atoms with van der Waals surface area (Å²) in [5, 5.41) is 0. The standard InChI is InChI=1S/C18H15As.4CO.Ru/c1-4-10-16(11-5-1)19(17-12-6-2-7-13-17)18-14-8-3-9-15-18;4*1-2;/h1-15H;;;;;. The Morgan fingerprint density at radius 2 is 0.571 bits per heavy atom. The Morgan fingerprint density at radius 1 is 0.393 bits per heavy atom. The van der Waals surface area contributed by atoms with Crippen molar-refractivity contribution in [1.82, 2.24) is 0 Å².